The topological polar surface area (TPSA) is 37.8 Å². The summed E-state index contributed by atoms with van der Waals surface area (Å²) in [4.78, 5) is 9.66. The van der Waals surface area contributed by atoms with Gasteiger partial charge in [-0.05, 0) is 52.0 Å². The second-order valence-electron chi connectivity index (χ2n) is 6.52. The fourth-order valence-corrected chi connectivity index (χ4v) is 3.57. The molecule has 2 rings (SSSR count). The molecule has 1 N–H and O–H groups in total. The number of nitrogens with one attached hydrogen (secondary N) is 1. The summed E-state index contributed by atoms with van der Waals surface area (Å²) in [6.45, 7) is 10.6. The minimum Gasteiger partial charge on any atom is -0.313 e. The molecule has 0 saturated heterocycles. The van der Waals surface area contributed by atoms with Gasteiger partial charge >= 0.3 is 0 Å². The van der Waals surface area contributed by atoms with Gasteiger partial charge in [0, 0.05) is 29.4 Å². The van der Waals surface area contributed by atoms with E-state index in [1.54, 1.807) is 0 Å². The van der Waals surface area contributed by atoms with Crippen LogP contribution in [-0.4, -0.2) is 16.5 Å². The maximum atomic E-state index is 4.83. The molecule has 0 atom stereocenters. The van der Waals surface area contributed by atoms with Gasteiger partial charge in [-0.25, -0.2) is 9.97 Å². The van der Waals surface area contributed by atoms with Crippen LogP contribution in [0.15, 0.2) is 0 Å². The quantitative estimate of drug-likeness (QED) is 0.849. The summed E-state index contributed by atoms with van der Waals surface area (Å²) < 4.78 is 0. The van der Waals surface area contributed by atoms with Crippen LogP contribution < -0.4 is 5.32 Å². The van der Waals surface area contributed by atoms with Crippen molar-refractivity contribution in [3.63, 3.8) is 0 Å². The van der Waals surface area contributed by atoms with Crippen LogP contribution in [0.2, 0.25) is 0 Å². The predicted octanol–water partition coefficient (Wildman–Crippen LogP) is 4.28. The molecule has 1 heterocycles. The predicted molar refractivity (Wildman–Crippen MR) is 88.5 cm³/mol. The molecular weight excluding hydrogens is 258 g/mol. The molecule has 118 valence electrons. The molecule has 1 saturated carbocycles. The monoisotopic (exact) mass is 289 g/mol. The molecule has 1 aliphatic rings. The Morgan fingerprint density at radius 1 is 1.00 bits per heavy atom. The van der Waals surface area contributed by atoms with Crippen LogP contribution in [-0.2, 0) is 6.54 Å². The first kappa shape index (κ1) is 16.4. The lowest BCUT2D eigenvalue weighted by Gasteiger charge is -2.28. The molecule has 0 spiro atoms. The van der Waals surface area contributed by atoms with Crippen LogP contribution in [0.5, 0.6) is 0 Å². The van der Waals surface area contributed by atoms with Crippen LogP contribution in [0.4, 0.5) is 0 Å². The van der Waals surface area contributed by atoms with E-state index < -0.39 is 0 Å². The zero-order chi connectivity index (χ0) is 15.2. The van der Waals surface area contributed by atoms with Crippen molar-refractivity contribution in [2.24, 2.45) is 5.92 Å². The minimum absolute atomic E-state index is 0.587. The number of hydrogen-bond acceptors (Lipinski definition) is 3. The van der Waals surface area contributed by atoms with E-state index in [2.05, 4.69) is 33.0 Å². The highest BCUT2D eigenvalue weighted by atomic mass is 14.9. The molecule has 0 aliphatic heterocycles. The summed E-state index contributed by atoms with van der Waals surface area (Å²) >= 11 is 0. The zero-order valence-electron chi connectivity index (χ0n) is 14.2. The number of rotatable bonds is 6. The van der Waals surface area contributed by atoms with E-state index in [9.17, 15) is 0 Å². The Labute approximate surface area is 130 Å². The summed E-state index contributed by atoms with van der Waals surface area (Å²) in [5.41, 5.74) is 3.60. The van der Waals surface area contributed by atoms with Gasteiger partial charge in [0.25, 0.3) is 0 Å². The average Bonchev–Trinajstić information content (AvgIpc) is 2.47. The molecule has 0 bridgehead atoms. The molecular formula is C18H31N3. The highest BCUT2D eigenvalue weighted by Crippen LogP contribution is 2.36. The van der Waals surface area contributed by atoms with E-state index in [1.807, 2.05) is 0 Å². The largest absolute Gasteiger partial charge is 0.313 e. The number of hydrogen-bond donors (Lipinski definition) is 1. The minimum atomic E-state index is 0.587. The summed E-state index contributed by atoms with van der Waals surface area (Å²) in [6, 6.07) is 0. The van der Waals surface area contributed by atoms with Crippen molar-refractivity contribution in [2.75, 3.05) is 6.54 Å². The average molecular weight is 289 g/mol. The highest BCUT2D eigenvalue weighted by Gasteiger charge is 2.24. The second-order valence-corrected chi connectivity index (χ2v) is 6.52. The summed E-state index contributed by atoms with van der Waals surface area (Å²) in [5.74, 6) is 2.63. The Morgan fingerprint density at radius 2 is 1.62 bits per heavy atom. The van der Waals surface area contributed by atoms with Crippen molar-refractivity contribution >= 4 is 0 Å². The Bertz CT molecular complexity index is 425. The molecule has 3 nitrogen and oxygen atoms in total. The Kier molecular flexibility index (Phi) is 6.16. The number of aryl methyl sites for hydroxylation is 2. The smallest absolute Gasteiger partial charge is 0.131 e. The molecule has 0 radical (unpaired) electrons. The van der Waals surface area contributed by atoms with E-state index in [0.29, 0.717) is 5.92 Å². The molecule has 0 amide bonds. The lowest BCUT2D eigenvalue weighted by molar-refractivity contribution is 0.302. The summed E-state index contributed by atoms with van der Waals surface area (Å²) in [6.07, 6.45) is 7.99. The zero-order valence-corrected chi connectivity index (χ0v) is 14.2. The van der Waals surface area contributed by atoms with Gasteiger partial charge in [0.05, 0.1) is 0 Å². The van der Waals surface area contributed by atoms with E-state index in [-0.39, 0.29) is 0 Å². The van der Waals surface area contributed by atoms with Gasteiger partial charge in [-0.15, -0.1) is 0 Å². The van der Waals surface area contributed by atoms with E-state index in [4.69, 9.17) is 9.97 Å². The van der Waals surface area contributed by atoms with Gasteiger partial charge in [0.15, 0.2) is 0 Å². The highest BCUT2D eigenvalue weighted by molar-refractivity contribution is 5.25. The first-order chi connectivity index (χ1) is 10.2. The number of nitrogens with zero attached hydrogens (tertiary/aromatic N) is 2. The number of aromatic nitrogens is 2. The molecule has 3 heteroatoms. The first-order valence-corrected chi connectivity index (χ1v) is 8.70. The van der Waals surface area contributed by atoms with Crippen LogP contribution in [0, 0.1) is 19.8 Å². The van der Waals surface area contributed by atoms with Crippen molar-refractivity contribution in [3.05, 3.63) is 22.8 Å². The molecule has 1 aliphatic carbocycles. The third kappa shape index (κ3) is 4.26. The Morgan fingerprint density at radius 3 is 2.14 bits per heavy atom. The lowest BCUT2D eigenvalue weighted by Crippen LogP contribution is -2.19. The first-order valence-electron chi connectivity index (χ1n) is 8.70. The summed E-state index contributed by atoms with van der Waals surface area (Å²) in [5, 5.41) is 3.39. The van der Waals surface area contributed by atoms with Crippen LogP contribution in [0.3, 0.4) is 0 Å². The van der Waals surface area contributed by atoms with Crippen LogP contribution in [0.25, 0.3) is 0 Å². The van der Waals surface area contributed by atoms with Gasteiger partial charge in [0.1, 0.15) is 5.82 Å². The molecule has 1 aromatic heterocycles. The maximum absolute atomic E-state index is 4.83. The Balaban J connectivity index is 2.04. The van der Waals surface area contributed by atoms with E-state index >= 15 is 0 Å². The normalized spacial score (nSPS) is 22.5. The molecule has 0 unspecified atom stereocenters. The van der Waals surface area contributed by atoms with Crippen molar-refractivity contribution in [1.82, 2.24) is 15.3 Å². The van der Waals surface area contributed by atoms with Gasteiger partial charge in [-0.1, -0.05) is 26.7 Å². The van der Waals surface area contributed by atoms with Crippen molar-refractivity contribution in [2.45, 2.75) is 78.7 Å². The van der Waals surface area contributed by atoms with Gasteiger partial charge < -0.3 is 5.32 Å². The molecule has 21 heavy (non-hydrogen) atoms. The second kappa shape index (κ2) is 7.88. The molecule has 0 aromatic carbocycles. The van der Waals surface area contributed by atoms with Crippen molar-refractivity contribution in [1.29, 1.82) is 0 Å². The van der Waals surface area contributed by atoms with Crippen LogP contribution in [0.1, 0.15) is 81.1 Å². The van der Waals surface area contributed by atoms with E-state index in [0.717, 1.165) is 36.2 Å². The third-order valence-electron chi connectivity index (χ3n) is 4.90. The van der Waals surface area contributed by atoms with Crippen LogP contribution >= 0.6 is 0 Å². The standard InChI is InChI=1S/C18H31N3/c1-5-7-15-8-10-16(11-9-15)18-20-13(3)17(12-19-6-2)14(4)21-18/h15-16,19H,5-12H2,1-4H3. The van der Waals surface area contributed by atoms with Crippen molar-refractivity contribution < 1.29 is 0 Å². The fourth-order valence-electron chi connectivity index (χ4n) is 3.57. The van der Waals surface area contributed by atoms with Gasteiger partial charge in [-0.2, -0.15) is 0 Å². The lowest BCUT2D eigenvalue weighted by atomic mass is 9.79. The Hall–Kier alpha value is -0.960. The third-order valence-corrected chi connectivity index (χ3v) is 4.90. The molecule has 1 aromatic rings. The SMILES string of the molecule is CCCC1CCC(c2nc(C)c(CNCC)c(C)n2)CC1. The van der Waals surface area contributed by atoms with Gasteiger partial charge in [0.2, 0.25) is 0 Å². The molecule has 1 fully saturated rings. The van der Waals surface area contributed by atoms with Gasteiger partial charge in [-0.3, -0.25) is 0 Å². The fraction of sp³-hybridized carbons (Fsp3) is 0.778. The maximum Gasteiger partial charge on any atom is 0.131 e. The van der Waals surface area contributed by atoms with E-state index in [1.165, 1.54) is 44.1 Å². The van der Waals surface area contributed by atoms with Crippen molar-refractivity contribution in [3.8, 4) is 0 Å². The summed E-state index contributed by atoms with van der Waals surface area (Å²) in [7, 11) is 0.